The SMILES string of the molecule is Cc1nn(C)c(C)c1CN(C(=O)C(=O)NC1CCCC1)C(C)C. The Morgan fingerprint density at radius 3 is 2.39 bits per heavy atom. The lowest BCUT2D eigenvalue weighted by atomic mass is 10.1. The number of nitrogens with one attached hydrogen (secondary N) is 1. The van der Waals surface area contributed by atoms with Gasteiger partial charge in [-0.1, -0.05) is 12.8 Å². The van der Waals surface area contributed by atoms with Gasteiger partial charge in [-0.3, -0.25) is 14.3 Å². The maximum atomic E-state index is 12.6. The summed E-state index contributed by atoms with van der Waals surface area (Å²) in [5, 5.41) is 7.27. The van der Waals surface area contributed by atoms with E-state index in [0.717, 1.165) is 42.6 Å². The van der Waals surface area contributed by atoms with Gasteiger partial charge in [0.25, 0.3) is 0 Å². The maximum absolute atomic E-state index is 12.6. The van der Waals surface area contributed by atoms with Crippen LogP contribution in [0.4, 0.5) is 0 Å². The number of hydrogen-bond acceptors (Lipinski definition) is 3. The molecule has 0 saturated heterocycles. The number of hydrogen-bond donors (Lipinski definition) is 1. The van der Waals surface area contributed by atoms with Gasteiger partial charge in [0.2, 0.25) is 0 Å². The molecule has 0 aromatic carbocycles. The minimum atomic E-state index is -0.482. The van der Waals surface area contributed by atoms with Gasteiger partial charge in [-0.15, -0.1) is 0 Å². The van der Waals surface area contributed by atoms with Crippen molar-refractivity contribution in [3.63, 3.8) is 0 Å². The van der Waals surface area contributed by atoms with Crippen LogP contribution < -0.4 is 5.32 Å². The van der Waals surface area contributed by atoms with E-state index in [-0.39, 0.29) is 12.1 Å². The summed E-state index contributed by atoms with van der Waals surface area (Å²) in [5.74, 6) is -0.931. The van der Waals surface area contributed by atoms with Crippen molar-refractivity contribution in [1.82, 2.24) is 20.0 Å². The molecule has 128 valence electrons. The Labute approximate surface area is 138 Å². The first-order chi connectivity index (χ1) is 10.8. The lowest BCUT2D eigenvalue weighted by Crippen LogP contribution is -2.48. The fourth-order valence-electron chi connectivity index (χ4n) is 3.15. The second-order valence-corrected chi connectivity index (χ2v) is 6.75. The lowest BCUT2D eigenvalue weighted by molar-refractivity contribution is -0.147. The van der Waals surface area contributed by atoms with E-state index in [1.54, 1.807) is 4.90 Å². The van der Waals surface area contributed by atoms with Gasteiger partial charge in [-0.2, -0.15) is 5.10 Å². The second-order valence-electron chi connectivity index (χ2n) is 6.75. The molecule has 1 saturated carbocycles. The van der Waals surface area contributed by atoms with Crippen molar-refractivity contribution in [2.75, 3.05) is 0 Å². The van der Waals surface area contributed by atoms with Gasteiger partial charge in [0.15, 0.2) is 0 Å². The van der Waals surface area contributed by atoms with Gasteiger partial charge in [0.05, 0.1) is 12.2 Å². The van der Waals surface area contributed by atoms with Gasteiger partial charge >= 0.3 is 11.8 Å². The van der Waals surface area contributed by atoms with Gasteiger partial charge in [0, 0.05) is 30.4 Å². The van der Waals surface area contributed by atoms with Gasteiger partial charge in [0.1, 0.15) is 0 Å². The van der Waals surface area contributed by atoms with E-state index in [9.17, 15) is 9.59 Å². The normalized spacial score (nSPS) is 15.2. The molecule has 6 nitrogen and oxygen atoms in total. The van der Waals surface area contributed by atoms with Crippen LogP contribution in [0.3, 0.4) is 0 Å². The predicted molar refractivity (Wildman–Crippen MR) is 88.8 cm³/mol. The van der Waals surface area contributed by atoms with Crippen LogP contribution in [0.5, 0.6) is 0 Å². The highest BCUT2D eigenvalue weighted by atomic mass is 16.2. The van der Waals surface area contributed by atoms with E-state index in [4.69, 9.17) is 0 Å². The number of carbonyl (C=O) groups is 2. The van der Waals surface area contributed by atoms with Crippen LogP contribution >= 0.6 is 0 Å². The molecule has 1 aliphatic rings. The highest BCUT2D eigenvalue weighted by Gasteiger charge is 2.28. The molecule has 1 fully saturated rings. The minimum absolute atomic E-state index is 0.0455. The van der Waals surface area contributed by atoms with E-state index in [1.807, 2.05) is 39.4 Å². The van der Waals surface area contributed by atoms with Crippen molar-refractivity contribution in [1.29, 1.82) is 0 Å². The monoisotopic (exact) mass is 320 g/mol. The molecule has 1 aliphatic carbocycles. The Kier molecular flexibility index (Phi) is 5.44. The molecule has 6 heteroatoms. The first-order valence-electron chi connectivity index (χ1n) is 8.41. The Bertz CT molecular complexity index is 586. The van der Waals surface area contributed by atoms with Crippen molar-refractivity contribution >= 4 is 11.8 Å². The summed E-state index contributed by atoms with van der Waals surface area (Å²) in [6.07, 6.45) is 4.20. The lowest BCUT2D eigenvalue weighted by Gasteiger charge is -2.27. The zero-order chi connectivity index (χ0) is 17.1. The van der Waals surface area contributed by atoms with E-state index < -0.39 is 11.8 Å². The van der Waals surface area contributed by atoms with Crippen LogP contribution in [0, 0.1) is 13.8 Å². The summed E-state index contributed by atoms with van der Waals surface area (Å²) in [7, 11) is 1.89. The summed E-state index contributed by atoms with van der Waals surface area (Å²) in [6, 6.07) is 0.109. The Balaban J connectivity index is 2.10. The molecular formula is C17H28N4O2. The average Bonchev–Trinajstić information content (AvgIpc) is 3.06. The van der Waals surface area contributed by atoms with Crippen molar-refractivity contribution in [2.45, 2.75) is 72.0 Å². The Hall–Kier alpha value is -1.85. The minimum Gasteiger partial charge on any atom is -0.345 e. The van der Waals surface area contributed by atoms with Gasteiger partial charge in [-0.05, 0) is 40.5 Å². The molecular weight excluding hydrogens is 292 g/mol. The standard InChI is InChI=1S/C17H28N4O2/c1-11(2)21(10-15-12(3)19-20(5)13(15)4)17(23)16(22)18-14-8-6-7-9-14/h11,14H,6-10H2,1-5H3,(H,18,22). The highest BCUT2D eigenvalue weighted by Crippen LogP contribution is 2.19. The highest BCUT2D eigenvalue weighted by molar-refractivity contribution is 6.35. The molecule has 1 aromatic rings. The number of aromatic nitrogens is 2. The largest absolute Gasteiger partial charge is 0.345 e. The molecule has 0 unspecified atom stereocenters. The molecule has 2 rings (SSSR count). The fourth-order valence-corrected chi connectivity index (χ4v) is 3.15. The third-order valence-electron chi connectivity index (χ3n) is 4.76. The van der Waals surface area contributed by atoms with E-state index in [0.29, 0.717) is 6.54 Å². The number of amides is 2. The summed E-state index contributed by atoms with van der Waals surface area (Å²) < 4.78 is 1.81. The zero-order valence-electron chi connectivity index (χ0n) is 14.8. The maximum Gasteiger partial charge on any atom is 0.312 e. The van der Waals surface area contributed by atoms with Gasteiger partial charge < -0.3 is 10.2 Å². The van der Waals surface area contributed by atoms with Crippen LogP contribution in [-0.4, -0.2) is 38.6 Å². The third kappa shape index (κ3) is 3.92. The topological polar surface area (TPSA) is 67.2 Å². The molecule has 1 aromatic heterocycles. The Morgan fingerprint density at radius 1 is 1.30 bits per heavy atom. The quantitative estimate of drug-likeness (QED) is 0.861. The molecule has 2 amide bonds. The zero-order valence-corrected chi connectivity index (χ0v) is 14.8. The van der Waals surface area contributed by atoms with Crippen molar-refractivity contribution < 1.29 is 9.59 Å². The van der Waals surface area contributed by atoms with Crippen LogP contribution in [0.25, 0.3) is 0 Å². The molecule has 0 bridgehead atoms. The molecule has 23 heavy (non-hydrogen) atoms. The Morgan fingerprint density at radius 2 is 1.91 bits per heavy atom. The molecule has 0 radical (unpaired) electrons. The number of rotatable bonds is 4. The first kappa shape index (κ1) is 17.5. The summed E-state index contributed by atoms with van der Waals surface area (Å²) >= 11 is 0. The summed E-state index contributed by atoms with van der Waals surface area (Å²) in [5.41, 5.74) is 2.94. The predicted octanol–water partition coefficient (Wildman–Crippen LogP) is 1.83. The number of nitrogens with zero attached hydrogens (tertiary/aromatic N) is 3. The number of aryl methyl sites for hydroxylation is 2. The van der Waals surface area contributed by atoms with Crippen molar-refractivity contribution in [3.8, 4) is 0 Å². The van der Waals surface area contributed by atoms with Crippen LogP contribution in [-0.2, 0) is 23.2 Å². The van der Waals surface area contributed by atoms with Crippen molar-refractivity contribution in [2.24, 2.45) is 7.05 Å². The van der Waals surface area contributed by atoms with E-state index >= 15 is 0 Å². The smallest absolute Gasteiger partial charge is 0.312 e. The van der Waals surface area contributed by atoms with E-state index in [2.05, 4.69) is 10.4 Å². The molecule has 0 atom stereocenters. The first-order valence-corrected chi connectivity index (χ1v) is 8.41. The molecule has 0 aliphatic heterocycles. The summed E-state index contributed by atoms with van der Waals surface area (Å²) in [6.45, 7) is 8.20. The van der Waals surface area contributed by atoms with Crippen LogP contribution in [0.2, 0.25) is 0 Å². The molecule has 0 spiro atoms. The average molecular weight is 320 g/mol. The molecule has 1 heterocycles. The van der Waals surface area contributed by atoms with Crippen LogP contribution in [0.15, 0.2) is 0 Å². The fraction of sp³-hybridized carbons (Fsp3) is 0.706. The molecule has 1 N–H and O–H groups in total. The summed E-state index contributed by atoms with van der Waals surface area (Å²) in [4.78, 5) is 26.5. The second kappa shape index (κ2) is 7.15. The van der Waals surface area contributed by atoms with Crippen LogP contribution in [0.1, 0.15) is 56.5 Å². The third-order valence-corrected chi connectivity index (χ3v) is 4.76. The number of carbonyl (C=O) groups excluding carboxylic acids is 2. The van der Waals surface area contributed by atoms with Gasteiger partial charge in [-0.25, -0.2) is 0 Å². The van der Waals surface area contributed by atoms with Crippen molar-refractivity contribution in [3.05, 3.63) is 17.0 Å². The van der Waals surface area contributed by atoms with E-state index in [1.165, 1.54) is 0 Å².